The second-order valence-corrected chi connectivity index (χ2v) is 10.5. The number of halogens is 1. The van der Waals surface area contributed by atoms with Crippen molar-refractivity contribution in [2.45, 2.75) is 52.3 Å². The molecule has 0 bridgehead atoms. The number of carbonyl (C=O) groups is 1. The Morgan fingerprint density at radius 1 is 1.15 bits per heavy atom. The monoisotopic (exact) mass is 527 g/mol. The van der Waals surface area contributed by atoms with Gasteiger partial charge in [0.15, 0.2) is 5.65 Å². The van der Waals surface area contributed by atoms with Gasteiger partial charge in [0.05, 0.1) is 16.6 Å². The smallest absolute Gasteiger partial charge is 0.410 e. The lowest BCUT2D eigenvalue weighted by Crippen LogP contribution is -2.59. The van der Waals surface area contributed by atoms with E-state index in [1.54, 1.807) is 6.20 Å². The van der Waals surface area contributed by atoms with Crippen molar-refractivity contribution in [1.29, 1.82) is 0 Å². The molecule has 0 saturated carbocycles. The summed E-state index contributed by atoms with van der Waals surface area (Å²) in [5.74, 6) is 0.833. The van der Waals surface area contributed by atoms with E-state index in [-0.39, 0.29) is 18.2 Å². The molecule has 4 rings (SSSR count). The van der Waals surface area contributed by atoms with Gasteiger partial charge in [-0.15, -0.1) is 0 Å². The number of hydrogen-bond donors (Lipinski definition) is 2. The number of carbonyl (C=O) groups excluding carboxylic acids is 1. The minimum atomic E-state index is -0.509. The van der Waals surface area contributed by atoms with Crippen molar-refractivity contribution in [3.05, 3.63) is 41.0 Å². The van der Waals surface area contributed by atoms with Crippen LogP contribution in [0.4, 0.5) is 27.9 Å². The van der Waals surface area contributed by atoms with Crippen LogP contribution in [0.1, 0.15) is 34.6 Å². The number of nitrogen functional groups attached to an aromatic ring is 1. The summed E-state index contributed by atoms with van der Waals surface area (Å²) in [6.45, 7) is 11.2. The van der Waals surface area contributed by atoms with Crippen LogP contribution in [-0.4, -0.2) is 56.7 Å². The van der Waals surface area contributed by atoms with Crippen molar-refractivity contribution in [3.8, 4) is 0 Å². The largest absolute Gasteiger partial charge is 0.444 e. The first-order chi connectivity index (χ1) is 16.0. The number of nitrogens with one attached hydrogen (secondary N) is 1. The van der Waals surface area contributed by atoms with Crippen LogP contribution in [0.5, 0.6) is 0 Å². The molecule has 0 spiro atoms. The summed E-state index contributed by atoms with van der Waals surface area (Å²) < 4.78 is 6.32. The highest BCUT2D eigenvalue weighted by Gasteiger charge is 2.35. The van der Waals surface area contributed by atoms with E-state index in [0.29, 0.717) is 17.4 Å². The molecule has 1 fully saturated rings. The number of ether oxygens (including phenoxy) is 1. The van der Waals surface area contributed by atoms with Gasteiger partial charge in [-0.05, 0) is 80.9 Å². The molecule has 3 aromatic rings. The third kappa shape index (κ3) is 5.32. The maximum absolute atomic E-state index is 12.7. The van der Waals surface area contributed by atoms with Crippen LogP contribution in [0.25, 0.3) is 11.0 Å². The Morgan fingerprint density at radius 3 is 2.41 bits per heavy atom. The zero-order chi connectivity index (χ0) is 24.6. The number of fused-ring (bicyclic) bond motifs is 1. The summed E-state index contributed by atoms with van der Waals surface area (Å²) >= 11 is 3.37. The molecule has 1 aromatic carbocycles. The van der Waals surface area contributed by atoms with E-state index >= 15 is 0 Å². The fourth-order valence-electron chi connectivity index (χ4n) is 4.10. The first-order valence-corrected chi connectivity index (χ1v) is 12.0. The Kier molecular flexibility index (Phi) is 6.53. The molecule has 1 amide bonds. The van der Waals surface area contributed by atoms with Gasteiger partial charge in [0.2, 0.25) is 5.95 Å². The van der Waals surface area contributed by atoms with E-state index in [2.05, 4.69) is 67.1 Å². The fourth-order valence-corrected chi connectivity index (χ4v) is 4.44. The van der Waals surface area contributed by atoms with Gasteiger partial charge >= 0.3 is 6.09 Å². The van der Waals surface area contributed by atoms with E-state index in [1.165, 1.54) is 0 Å². The summed E-state index contributed by atoms with van der Waals surface area (Å²) in [6, 6.07) is 9.99. The molecule has 0 radical (unpaired) electrons. The van der Waals surface area contributed by atoms with Gasteiger partial charge in [0.1, 0.15) is 11.4 Å². The van der Waals surface area contributed by atoms with Gasteiger partial charge in [-0.3, -0.25) is 4.90 Å². The molecule has 2 aromatic heterocycles. The molecule has 0 unspecified atom stereocenters. The minimum absolute atomic E-state index is 0.0300. The minimum Gasteiger partial charge on any atom is -0.444 e. The first-order valence-electron chi connectivity index (χ1n) is 11.2. The van der Waals surface area contributed by atoms with Crippen LogP contribution in [0.3, 0.4) is 0 Å². The molecule has 3 heterocycles. The van der Waals surface area contributed by atoms with E-state index in [1.807, 2.05) is 43.9 Å². The normalized spacial score (nSPS) is 18.8. The highest BCUT2D eigenvalue weighted by Crippen LogP contribution is 2.27. The van der Waals surface area contributed by atoms with Crippen molar-refractivity contribution in [1.82, 2.24) is 19.9 Å². The van der Waals surface area contributed by atoms with Crippen molar-refractivity contribution >= 4 is 56.2 Å². The average molecular weight is 528 g/mol. The third-order valence-corrected chi connectivity index (χ3v) is 6.20. The highest BCUT2D eigenvalue weighted by atomic mass is 79.9. The van der Waals surface area contributed by atoms with Gasteiger partial charge in [-0.25, -0.2) is 14.8 Å². The summed E-state index contributed by atoms with van der Waals surface area (Å²) in [5.41, 5.74) is 7.85. The van der Waals surface area contributed by atoms with Crippen LogP contribution in [0.2, 0.25) is 0 Å². The summed E-state index contributed by atoms with van der Waals surface area (Å²) in [6.07, 6.45) is 1.45. The second-order valence-electron chi connectivity index (χ2n) is 9.62. The molecule has 1 saturated heterocycles. The maximum atomic E-state index is 12.7. The first kappa shape index (κ1) is 24.0. The van der Waals surface area contributed by atoms with Crippen molar-refractivity contribution in [3.63, 3.8) is 0 Å². The number of amides is 1. The van der Waals surface area contributed by atoms with E-state index in [0.717, 1.165) is 34.3 Å². The predicted molar refractivity (Wildman–Crippen MR) is 138 cm³/mol. The van der Waals surface area contributed by atoms with Crippen molar-refractivity contribution < 1.29 is 9.53 Å². The molecule has 0 aliphatic carbocycles. The topological polar surface area (TPSA) is 109 Å². The maximum Gasteiger partial charge on any atom is 0.410 e. The summed E-state index contributed by atoms with van der Waals surface area (Å²) in [7, 11) is 0. The van der Waals surface area contributed by atoms with Gasteiger partial charge in [-0.2, -0.15) is 4.98 Å². The molecule has 180 valence electrons. The van der Waals surface area contributed by atoms with Gasteiger partial charge in [0.25, 0.3) is 0 Å². The summed E-state index contributed by atoms with van der Waals surface area (Å²) in [5, 5.41) is 4.02. The standard InChI is InChI=1S/C24H30BrN7O2/c1-14-12-31(13-15(2)32(14)23(33)34-24(3,4)5)18-8-6-17(7-9-18)28-22-27-11-16-10-19(25)20(26)29-21(16)30-22/h6-11,14-15H,12-13H2,1-5H3,(H3,26,27,28,29,30)/t14-,15+. The van der Waals surface area contributed by atoms with E-state index < -0.39 is 5.60 Å². The summed E-state index contributed by atoms with van der Waals surface area (Å²) in [4.78, 5) is 29.9. The lowest BCUT2D eigenvalue weighted by Gasteiger charge is -2.45. The SMILES string of the molecule is C[C@@H]1CN(c2ccc(Nc3ncc4cc(Br)c(N)nc4n3)cc2)C[C@H](C)N1C(=O)OC(C)(C)C. The van der Waals surface area contributed by atoms with Gasteiger partial charge < -0.3 is 20.7 Å². The lowest BCUT2D eigenvalue weighted by atomic mass is 10.1. The van der Waals surface area contributed by atoms with Gasteiger partial charge in [0, 0.05) is 36.0 Å². The Bertz CT molecular complexity index is 1180. The van der Waals surface area contributed by atoms with Crippen LogP contribution in [0, 0.1) is 0 Å². The molecule has 1 aliphatic heterocycles. The number of piperazine rings is 1. The molecule has 2 atom stereocenters. The number of nitrogens with zero attached hydrogens (tertiary/aromatic N) is 5. The number of rotatable bonds is 3. The average Bonchev–Trinajstić information content (AvgIpc) is 2.73. The zero-order valence-corrected chi connectivity index (χ0v) is 21.6. The van der Waals surface area contributed by atoms with Crippen LogP contribution >= 0.6 is 15.9 Å². The number of nitrogens with two attached hydrogens (primary N) is 1. The molecular formula is C24H30BrN7O2. The van der Waals surface area contributed by atoms with Crippen molar-refractivity contribution in [2.24, 2.45) is 0 Å². The highest BCUT2D eigenvalue weighted by molar-refractivity contribution is 9.10. The Morgan fingerprint density at radius 2 is 1.79 bits per heavy atom. The predicted octanol–water partition coefficient (Wildman–Crippen LogP) is 4.95. The van der Waals surface area contributed by atoms with Crippen LogP contribution < -0.4 is 16.0 Å². The number of benzene rings is 1. The van der Waals surface area contributed by atoms with Crippen LogP contribution in [0.15, 0.2) is 41.0 Å². The molecular weight excluding hydrogens is 498 g/mol. The number of pyridine rings is 1. The fraction of sp³-hybridized carbons (Fsp3) is 0.417. The Labute approximate surface area is 207 Å². The number of aromatic nitrogens is 3. The quantitative estimate of drug-likeness (QED) is 0.492. The number of hydrogen-bond acceptors (Lipinski definition) is 8. The van der Waals surface area contributed by atoms with E-state index in [4.69, 9.17) is 10.5 Å². The van der Waals surface area contributed by atoms with Gasteiger partial charge in [-0.1, -0.05) is 0 Å². The molecule has 3 N–H and O–H groups in total. The molecule has 9 nitrogen and oxygen atoms in total. The molecule has 1 aliphatic rings. The lowest BCUT2D eigenvalue weighted by molar-refractivity contribution is 0.00566. The molecule has 10 heteroatoms. The second kappa shape index (κ2) is 9.25. The molecule has 34 heavy (non-hydrogen) atoms. The van der Waals surface area contributed by atoms with Crippen molar-refractivity contribution in [2.75, 3.05) is 29.0 Å². The van der Waals surface area contributed by atoms with E-state index in [9.17, 15) is 4.79 Å². The Hall–Kier alpha value is -3.14. The number of anilines is 4. The third-order valence-electron chi connectivity index (χ3n) is 5.56. The van der Waals surface area contributed by atoms with Crippen LogP contribution in [-0.2, 0) is 4.74 Å². The zero-order valence-electron chi connectivity index (χ0n) is 20.0. The Balaban J connectivity index is 1.43.